The van der Waals surface area contributed by atoms with Crippen molar-refractivity contribution in [2.75, 3.05) is 6.26 Å². The molecule has 0 amide bonds. The summed E-state index contributed by atoms with van der Waals surface area (Å²) in [5.74, 6) is 0.973. The van der Waals surface area contributed by atoms with Gasteiger partial charge in [-0.05, 0) is 19.1 Å². The molecule has 0 atom stereocenters. The molecule has 2 rings (SSSR count). The van der Waals surface area contributed by atoms with Crippen LogP contribution in [-0.2, 0) is 0 Å². The van der Waals surface area contributed by atoms with Crippen LogP contribution in [0.25, 0.3) is 0 Å². The molecule has 1 saturated carbocycles. The monoisotopic (exact) mass is 184 g/mol. The van der Waals surface area contributed by atoms with E-state index in [9.17, 15) is 0 Å². The zero-order chi connectivity index (χ0) is 8.60. The molecule has 1 heterocycles. The van der Waals surface area contributed by atoms with E-state index in [0.29, 0.717) is 0 Å². The summed E-state index contributed by atoms with van der Waals surface area (Å²) in [7, 11) is 0. The Morgan fingerprint density at radius 3 is 2.50 bits per heavy atom. The number of rotatable bonds is 1. The second-order valence-electron chi connectivity index (χ2n) is 3.37. The van der Waals surface area contributed by atoms with Crippen LogP contribution >= 0.6 is 11.8 Å². The van der Waals surface area contributed by atoms with Gasteiger partial charge in [-0.25, -0.2) is 0 Å². The summed E-state index contributed by atoms with van der Waals surface area (Å²) in [6.07, 6.45) is 4.39. The Morgan fingerprint density at radius 1 is 1.33 bits per heavy atom. The first-order valence-corrected chi connectivity index (χ1v) is 5.19. The SMILES string of the molecule is CSC1=NNC(C2(C)CC2)=NN1. The van der Waals surface area contributed by atoms with Gasteiger partial charge in [0.1, 0.15) is 5.84 Å². The van der Waals surface area contributed by atoms with Gasteiger partial charge in [-0.1, -0.05) is 18.7 Å². The maximum absolute atomic E-state index is 4.22. The van der Waals surface area contributed by atoms with Crippen molar-refractivity contribution >= 4 is 22.8 Å². The third-order valence-electron chi connectivity index (χ3n) is 2.29. The Morgan fingerprint density at radius 2 is 2.08 bits per heavy atom. The van der Waals surface area contributed by atoms with Crippen molar-refractivity contribution in [1.29, 1.82) is 0 Å². The molecule has 5 heteroatoms. The van der Waals surface area contributed by atoms with Crippen LogP contribution in [0.15, 0.2) is 10.2 Å². The standard InChI is InChI=1S/C7H12N4S/c1-7(3-4-7)5-8-10-6(12-2)11-9-5/h3-4H2,1-2H3,(H,8,9)(H,10,11). The lowest BCUT2D eigenvalue weighted by molar-refractivity contribution is 0.719. The van der Waals surface area contributed by atoms with Gasteiger partial charge >= 0.3 is 0 Å². The average Bonchev–Trinajstić information content (AvgIpc) is 2.85. The molecule has 0 radical (unpaired) electrons. The van der Waals surface area contributed by atoms with Gasteiger partial charge in [0.2, 0.25) is 5.17 Å². The Balaban J connectivity index is 2.01. The van der Waals surface area contributed by atoms with Crippen LogP contribution in [0.2, 0.25) is 0 Å². The van der Waals surface area contributed by atoms with Crippen LogP contribution in [0.1, 0.15) is 19.8 Å². The molecule has 2 N–H and O–H groups in total. The number of hydrazone groups is 2. The van der Waals surface area contributed by atoms with Gasteiger partial charge in [-0.3, -0.25) is 10.9 Å². The molecule has 0 unspecified atom stereocenters. The van der Waals surface area contributed by atoms with Gasteiger partial charge in [0, 0.05) is 5.41 Å². The fourth-order valence-corrected chi connectivity index (χ4v) is 1.32. The predicted octanol–water partition coefficient (Wildman–Crippen LogP) is 0.927. The number of amidine groups is 2. The first-order chi connectivity index (χ1) is 5.74. The normalized spacial score (nSPS) is 24.8. The molecule has 0 bridgehead atoms. The van der Waals surface area contributed by atoms with Gasteiger partial charge in [0.25, 0.3) is 0 Å². The predicted molar refractivity (Wildman–Crippen MR) is 52.0 cm³/mol. The molecule has 1 aliphatic carbocycles. The van der Waals surface area contributed by atoms with Gasteiger partial charge in [-0.2, -0.15) is 5.10 Å². The van der Waals surface area contributed by atoms with Crippen LogP contribution in [-0.4, -0.2) is 17.3 Å². The molecule has 66 valence electrons. The first-order valence-electron chi connectivity index (χ1n) is 3.96. The summed E-state index contributed by atoms with van der Waals surface area (Å²) in [5, 5.41) is 9.17. The van der Waals surface area contributed by atoms with Crippen molar-refractivity contribution in [3.05, 3.63) is 0 Å². The minimum Gasteiger partial charge on any atom is -0.260 e. The number of nitrogens with one attached hydrogen (secondary N) is 2. The van der Waals surface area contributed by atoms with Crippen LogP contribution in [0.3, 0.4) is 0 Å². The highest BCUT2D eigenvalue weighted by molar-refractivity contribution is 8.13. The van der Waals surface area contributed by atoms with E-state index in [1.54, 1.807) is 11.8 Å². The molecule has 0 saturated heterocycles. The lowest BCUT2D eigenvalue weighted by Crippen LogP contribution is -2.36. The largest absolute Gasteiger partial charge is 0.260 e. The molecular formula is C7H12N4S. The minimum absolute atomic E-state index is 0.264. The molecule has 0 aromatic carbocycles. The highest BCUT2D eigenvalue weighted by atomic mass is 32.2. The Bertz CT molecular complexity index is 254. The van der Waals surface area contributed by atoms with Crippen molar-refractivity contribution < 1.29 is 0 Å². The molecule has 1 aliphatic heterocycles. The molecule has 1 fully saturated rings. The van der Waals surface area contributed by atoms with E-state index in [1.807, 2.05) is 6.26 Å². The summed E-state index contributed by atoms with van der Waals surface area (Å²) in [6.45, 7) is 2.19. The second-order valence-corrected chi connectivity index (χ2v) is 4.16. The summed E-state index contributed by atoms with van der Waals surface area (Å²) in [6, 6.07) is 0. The first kappa shape index (κ1) is 7.91. The summed E-state index contributed by atoms with van der Waals surface area (Å²) in [5.41, 5.74) is 6.15. The van der Waals surface area contributed by atoms with Crippen molar-refractivity contribution in [2.45, 2.75) is 19.8 Å². The van der Waals surface area contributed by atoms with Gasteiger partial charge in [0.05, 0.1) is 0 Å². The molecule has 0 aromatic rings. The molecule has 0 aromatic heterocycles. The van der Waals surface area contributed by atoms with E-state index in [0.717, 1.165) is 11.0 Å². The third kappa shape index (κ3) is 1.29. The van der Waals surface area contributed by atoms with E-state index in [4.69, 9.17) is 0 Å². The van der Waals surface area contributed by atoms with Crippen LogP contribution in [0, 0.1) is 5.41 Å². The van der Waals surface area contributed by atoms with Crippen LogP contribution in [0.4, 0.5) is 0 Å². The average molecular weight is 184 g/mol. The maximum Gasteiger partial charge on any atom is 0.200 e. The van der Waals surface area contributed by atoms with Crippen LogP contribution < -0.4 is 10.9 Å². The molecule has 4 nitrogen and oxygen atoms in total. The van der Waals surface area contributed by atoms with E-state index in [2.05, 4.69) is 28.0 Å². The number of hydrogen-bond donors (Lipinski definition) is 2. The van der Waals surface area contributed by atoms with Crippen LogP contribution in [0.5, 0.6) is 0 Å². The summed E-state index contributed by atoms with van der Waals surface area (Å²) in [4.78, 5) is 0. The minimum atomic E-state index is 0.264. The second kappa shape index (κ2) is 2.65. The molecule has 2 aliphatic rings. The van der Waals surface area contributed by atoms with Crippen molar-refractivity contribution in [3.8, 4) is 0 Å². The zero-order valence-electron chi connectivity index (χ0n) is 7.22. The van der Waals surface area contributed by atoms with Crippen molar-refractivity contribution in [2.24, 2.45) is 15.6 Å². The van der Waals surface area contributed by atoms with E-state index in [-0.39, 0.29) is 5.41 Å². The Hall–Kier alpha value is -0.710. The number of thioether (sulfide) groups is 1. The molecular weight excluding hydrogens is 172 g/mol. The van der Waals surface area contributed by atoms with E-state index in [1.165, 1.54) is 12.8 Å². The Labute approximate surface area is 75.9 Å². The lowest BCUT2D eigenvalue weighted by Gasteiger charge is -2.17. The Kier molecular flexibility index (Phi) is 1.75. The lowest BCUT2D eigenvalue weighted by atomic mass is 10.1. The number of nitrogens with zero attached hydrogens (tertiary/aromatic N) is 2. The third-order valence-corrected chi connectivity index (χ3v) is 2.86. The quantitative estimate of drug-likeness (QED) is 0.637. The van der Waals surface area contributed by atoms with Gasteiger partial charge < -0.3 is 0 Å². The fourth-order valence-electron chi connectivity index (χ4n) is 1.04. The summed E-state index contributed by atoms with van der Waals surface area (Å²) >= 11 is 1.55. The zero-order valence-corrected chi connectivity index (χ0v) is 8.03. The maximum atomic E-state index is 4.22. The summed E-state index contributed by atoms with van der Waals surface area (Å²) < 4.78 is 0. The van der Waals surface area contributed by atoms with Gasteiger partial charge in [-0.15, -0.1) is 5.10 Å². The molecule has 0 spiro atoms. The van der Waals surface area contributed by atoms with Crippen molar-refractivity contribution in [3.63, 3.8) is 0 Å². The number of hydrogen-bond acceptors (Lipinski definition) is 5. The van der Waals surface area contributed by atoms with E-state index >= 15 is 0 Å². The smallest absolute Gasteiger partial charge is 0.200 e. The highest BCUT2D eigenvalue weighted by Crippen LogP contribution is 2.45. The van der Waals surface area contributed by atoms with Gasteiger partial charge in [0.15, 0.2) is 0 Å². The topological polar surface area (TPSA) is 48.8 Å². The van der Waals surface area contributed by atoms with Crippen molar-refractivity contribution in [1.82, 2.24) is 10.9 Å². The fraction of sp³-hybridized carbons (Fsp3) is 0.714. The molecule has 12 heavy (non-hydrogen) atoms. The van der Waals surface area contributed by atoms with E-state index < -0.39 is 0 Å². The highest BCUT2D eigenvalue weighted by Gasteiger charge is 2.43.